The number of carbonyl (C=O) groups excluding carboxylic acids is 1. The van der Waals surface area contributed by atoms with Crippen LogP contribution in [0.1, 0.15) is 42.5 Å². The smallest absolute Gasteiger partial charge is 0.262 e. The van der Waals surface area contributed by atoms with Crippen LogP contribution in [0.5, 0.6) is 0 Å². The molecule has 0 radical (unpaired) electrons. The van der Waals surface area contributed by atoms with Crippen molar-refractivity contribution in [2.24, 2.45) is 7.05 Å². The molecule has 1 atom stereocenters. The maximum atomic E-state index is 12.5. The molecule has 2 heterocycles. The minimum absolute atomic E-state index is 0.0446. The fourth-order valence-electron chi connectivity index (χ4n) is 3.63. The van der Waals surface area contributed by atoms with E-state index in [1.54, 1.807) is 13.1 Å². The van der Waals surface area contributed by atoms with Crippen molar-refractivity contribution in [3.05, 3.63) is 56.7 Å². The predicted molar refractivity (Wildman–Crippen MR) is 115 cm³/mol. The Morgan fingerprint density at radius 3 is 2.89 bits per heavy atom. The molecule has 1 aromatic carbocycles. The van der Waals surface area contributed by atoms with Crippen molar-refractivity contribution < 1.29 is 4.79 Å². The number of benzene rings is 1. The van der Waals surface area contributed by atoms with E-state index >= 15 is 0 Å². The van der Waals surface area contributed by atoms with Gasteiger partial charge in [-0.15, -0.1) is 11.3 Å². The van der Waals surface area contributed by atoms with E-state index in [-0.39, 0.29) is 23.3 Å². The molecular weight excluding hydrogens is 390 g/mol. The number of thiophene rings is 1. The van der Waals surface area contributed by atoms with Gasteiger partial charge >= 0.3 is 0 Å². The summed E-state index contributed by atoms with van der Waals surface area (Å²) in [4.78, 5) is 30.0. The Morgan fingerprint density at radius 1 is 1.29 bits per heavy atom. The van der Waals surface area contributed by atoms with Crippen LogP contribution in [0.4, 0.5) is 0 Å². The zero-order valence-electron chi connectivity index (χ0n) is 16.0. The first-order valence-electron chi connectivity index (χ1n) is 9.51. The number of nitrogens with zero attached hydrogens (tertiary/aromatic N) is 2. The van der Waals surface area contributed by atoms with Gasteiger partial charge in [0.2, 0.25) is 5.91 Å². The molecule has 0 fully saturated rings. The first-order chi connectivity index (χ1) is 13.5. The molecule has 0 saturated carbocycles. The standard InChI is InChI=1S/C21H23N3O2S2/c1-13(15-8-7-14-5-3-4-6-16(14)11-15)22-18(25)12-28-21-23-19-17(9-10-27-19)20(26)24(21)2/h7-11,13H,3-6,12H2,1-2H3,(H,22,25). The highest BCUT2D eigenvalue weighted by Gasteiger charge is 2.16. The third kappa shape index (κ3) is 3.86. The van der Waals surface area contributed by atoms with Crippen LogP contribution in [-0.2, 0) is 24.7 Å². The molecule has 146 valence electrons. The Hall–Kier alpha value is -2.12. The van der Waals surface area contributed by atoms with Gasteiger partial charge in [0.05, 0.1) is 17.2 Å². The summed E-state index contributed by atoms with van der Waals surface area (Å²) in [5.41, 5.74) is 3.93. The summed E-state index contributed by atoms with van der Waals surface area (Å²) in [7, 11) is 1.70. The molecule has 3 aromatic rings. The topological polar surface area (TPSA) is 64.0 Å². The largest absolute Gasteiger partial charge is 0.349 e. The van der Waals surface area contributed by atoms with Gasteiger partial charge in [-0.2, -0.15) is 0 Å². The number of fused-ring (bicyclic) bond motifs is 2. The van der Waals surface area contributed by atoms with Gasteiger partial charge in [0.1, 0.15) is 4.83 Å². The Bertz CT molecular complexity index is 1090. The lowest BCUT2D eigenvalue weighted by Gasteiger charge is -2.20. The van der Waals surface area contributed by atoms with Gasteiger partial charge in [0.15, 0.2) is 5.16 Å². The molecule has 0 aliphatic heterocycles. The molecule has 1 amide bonds. The number of nitrogens with one attached hydrogen (secondary N) is 1. The fraction of sp³-hybridized carbons (Fsp3) is 0.381. The number of rotatable bonds is 5. The maximum absolute atomic E-state index is 12.5. The second-order valence-electron chi connectivity index (χ2n) is 7.21. The van der Waals surface area contributed by atoms with E-state index in [0.29, 0.717) is 15.4 Å². The number of hydrogen-bond donors (Lipinski definition) is 1. The maximum Gasteiger partial charge on any atom is 0.262 e. The van der Waals surface area contributed by atoms with Crippen LogP contribution in [0.15, 0.2) is 39.6 Å². The first-order valence-corrected chi connectivity index (χ1v) is 11.4. The summed E-state index contributed by atoms with van der Waals surface area (Å²) in [6, 6.07) is 8.31. The third-order valence-electron chi connectivity index (χ3n) is 5.25. The molecule has 1 N–H and O–H groups in total. The van der Waals surface area contributed by atoms with E-state index in [1.807, 2.05) is 12.3 Å². The molecular formula is C21H23N3O2S2. The third-order valence-corrected chi connectivity index (χ3v) is 7.08. The van der Waals surface area contributed by atoms with E-state index in [2.05, 4.69) is 28.5 Å². The van der Waals surface area contributed by atoms with Crippen molar-refractivity contribution in [1.82, 2.24) is 14.9 Å². The average Bonchev–Trinajstić information content (AvgIpc) is 3.18. The van der Waals surface area contributed by atoms with Crippen LogP contribution in [0.25, 0.3) is 10.2 Å². The zero-order chi connectivity index (χ0) is 19.7. The van der Waals surface area contributed by atoms with Gasteiger partial charge < -0.3 is 5.32 Å². The molecule has 1 unspecified atom stereocenters. The van der Waals surface area contributed by atoms with E-state index in [1.165, 1.54) is 51.6 Å². The molecule has 1 aliphatic carbocycles. The second-order valence-corrected chi connectivity index (χ2v) is 9.05. The first kappa shape index (κ1) is 19.2. The highest BCUT2D eigenvalue weighted by atomic mass is 32.2. The monoisotopic (exact) mass is 413 g/mol. The van der Waals surface area contributed by atoms with E-state index in [9.17, 15) is 9.59 Å². The summed E-state index contributed by atoms with van der Waals surface area (Å²) < 4.78 is 1.51. The number of hydrogen-bond acceptors (Lipinski definition) is 5. The summed E-state index contributed by atoms with van der Waals surface area (Å²) in [6.07, 6.45) is 4.80. The van der Waals surface area contributed by atoms with Crippen molar-refractivity contribution in [2.45, 2.75) is 43.8 Å². The minimum atomic E-state index is -0.0726. The van der Waals surface area contributed by atoms with Crippen LogP contribution in [-0.4, -0.2) is 21.2 Å². The summed E-state index contributed by atoms with van der Waals surface area (Å²) in [5, 5.41) is 6.12. The lowest BCUT2D eigenvalue weighted by Crippen LogP contribution is -2.29. The predicted octanol–water partition coefficient (Wildman–Crippen LogP) is 3.84. The lowest BCUT2D eigenvalue weighted by molar-refractivity contribution is -0.119. The van der Waals surface area contributed by atoms with Crippen molar-refractivity contribution in [3.8, 4) is 0 Å². The van der Waals surface area contributed by atoms with Gasteiger partial charge in [-0.25, -0.2) is 4.98 Å². The molecule has 5 nitrogen and oxygen atoms in total. The number of carbonyl (C=O) groups is 1. The minimum Gasteiger partial charge on any atom is -0.349 e. The normalized spacial score (nSPS) is 14.6. The van der Waals surface area contributed by atoms with E-state index < -0.39 is 0 Å². The van der Waals surface area contributed by atoms with Crippen molar-refractivity contribution in [2.75, 3.05) is 5.75 Å². The Balaban J connectivity index is 1.41. The fourth-order valence-corrected chi connectivity index (χ4v) is 5.22. The molecule has 4 rings (SSSR count). The average molecular weight is 414 g/mol. The Kier molecular flexibility index (Phi) is 5.55. The number of amides is 1. The number of aryl methyl sites for hydroxylation is 2. The molecule has 1 aliphatic rings. The second kappa shape index (κ2) is 8.09. The summed E-state index contributed by atoms with van der Waals surface area (Å²) in [6.45, 7) is 2.01. The number of aromatic nitrogens is 2. The van der Waals surface area contributed by atoms with Crippen LogP contribution in [0, 0.1) is 0 Å². The molecule has 7 heteroatoms. The van der Waals surface area contributed by atoms with Gasteiger partial charge in [-0.1, -0.05) is 30.0 Å². The summed E-state index contributed by atoms with van der Waals surface area (Å²) in [5.74, 6) is 0.169. The highest BCUT2D eigenvalue weighted by molar-refractivity contribution is 7.99. The van der Waals surface area contributed by atoms with Crippen molar-refractivity contribution in [1.29, 1.82) is 0 Å². The van der Waals surface area contributed by atoms with Gasteiger partial charge in [-0.3, -0.25) is 14.2 Å². The lowest BCUT2D eigenvalue weighted by atomic mass is 9.89. The SMILES string of the molecule is CC(NC(=O)CSc1nc2sccc2c(=O)n1C)c1ccc2c(c1)CCCC2. The van der Waals surface area contributed by atoms with Gasteiger partial charge in [0.25, 0.3) is 5.56 Å². The Morgan fingerprint density at radius 2 is 2.07 bits per heavy atom. The van der Waals surface area contributed by atoms with Gasteiger partial charge in [-0.05, 0) is 60.7 Å². The zero-order valence-corrected chi connectivity index (χ0v) is 17.7. The van der Waals surface area contributed by atoms with Crippen LogP contribution in [0.2, 0.25) is 0 Å². The molecule has 0 spiro atoms. The van der Waals surface area contributed by atoms with Crippen LogP contribution < -0.4 is 10.9 Å². The molecule has 28 heavy (non-hydrogen) atoms. The number of thioether (sulfide) groups is 1. The van der Waals surface area contributed by atoms with E-state index in [4.69, 9.17) is 0 Å². The molecule has 0 saturated heterocycles. The van der Waals surface area contributed by atoms with Gasteiger partial charge in [0, 0.05) is 7.05 Å². The van der Waals surface area contributed by atoms with E-state index in [0.717, 1.165) is 18.4 Å². The quantitative estimate of drug-likeness (QED) is 0.510. The highest BCUT2D eigenvalue weighted by Crippen LogP contribution is 2.25. The summed E-state index contributed by atoms with van der Waals surface area (Å²) >= 11 is 2.73. The van der Waals surface area contributed by atoms with Crippen molar-refractivity contribution >= 4 is 39.2 Å². The molecule has 0 bridgehead atoms. The van der Waals surface area contributed by atoms with Crippen LogP contribution >= 0.6 is 23.1 Å². The Labute approximate surface area is 172 Å². The molecule has 2 aromatic heterocycles. The van der Waals surface area contributed by atoms with Crippen LogP contribution in [0.3, 0.4) is 0 Å². The van der Waals surface area contributed by atoms with Crippen molar-refractivity contribution in [3.63, 3.8) is 0 Å².